The molecule has 2 atom stereocenters. The molecule has 0 saturated heterocycles. The second-order valence-corrected chi connectivity index (χ2v) is 10.0. The van der Waals surface area contributed by atoms with Gasteiger partial charge in [-0.25, -0.2) is 13.6 Å². The van der Waals surface area contributed by atoms with Gasteiger partial charge in [0.05, 0.1) is 4.90 Å². The molecule has 7 heteroatoms. The molecule has 160 valence electrons. The molecule has 2 rings (SSSR count). The van der Waals surface area contributed by atoms with Gasteiger partial charge in [-0.3, -0.25) is 0 Å². The summed E-state index contributed by atoms with van der Waals surface area (Å²) in [6.45, 7) is 11.0. The van der Waals surface area contributed by atoms with Crippen molar-refractivity contribution >= 4 is 10.0 Å². The number of nitrogens with two attached hydrogens (primary N) is 1. The first-order valence-corrected chi connectivity index (χ1v) is 11.2. The van der Waals surface area contributed by atoms with Crippen molar-refractivity contribution in [1.82, 2.24) is 5.32 Å². The summed E-state index contributed by atoms with van der Waals surface area (Å²) >= 11 is 0. The lowest BCUT2D eigenvalue weighted by molar-refractivity contribution is 0.104. The molecule has 0 aliphatic carbocycles. The summed E-state index contributed by atoms with van der Waals surface area (Å²) in [5.74, 6) is 0.767. The number of aliphatic hydroxyl groups is 1. The lowest BCUT2D eigenvalue weighted by Crippen LogP contribution is -2.33. The number of nitrogens with one attached hydrogen (secondary N) is 1. The van der Waals surface area contributed by atoms with E-state index < -0.39 is 16.1 Å². The van der Waals surface area contributed by atoms with E-state index >= 15 is 0 Å². The highest BCUT2D eigenvalue weighted by Gasteiger charge is 2.16. The minimum absolute atomic E-state index is 0.0630. The Labute approximate surface area is 174 Å². The van der Waals surface area contributed by atoms with Gasteiger partial charge >= 0.3 is 0 Å². The van der Waals surface area contributed by atoms with E-state index in [4.69, 9.17) is 9.88 Å². The van der Waals surface area contributed by atoms with Crippen LogP contribution in [0.4, 0.5) is 0 Å². The van der Waals surface area contributed by atoms with E-state index in [-0.39, 0.29) is 23.0 Å². The highest BCUT2D eigenvalue weighted by Crippen LogP contribution is 2.27. The summed E-state index contributed by atoms with van der Waals surface area (Å²) in [5.41, 5.74) is 3.27. The van der Waals surface area contributed by atoms with Crippen LogP contribution in [0.2, 0.25) is 0 Å². The van der Waals surface area contributed by atoms with Gasteiger partial charge in [-0.2, -0.15) is 0 Å². The highest BCUT2D eigenvalue weighted by atomic mass is 32.2. The fourth-order valence-corrected chi connectivity index (χ4v) is 3.42. The van der Waals surface area contributed by atoms with Gasteiger partial charge < -0.3 is 15.2 Å². The number of primary sulfonamides is 1. The second kappa shape index (κ2) is 9.26. The summed E-state index contributed by atoms with van der Waals surface area (Å²) in [4.78, 5) is 0.0785. The van der Waals surface area contributed by atoms with Crippen LogP contribution in [0, 0.1) is 6.92 Å². The Kier molecular flexibility index (Phi) is 7.45. The molecule has 0 aliphatic heterocycles. The SMILES string of the molecule is Cc1cc(C(C)(C)C)ccc1OC[C@H](O)CN[C@@H](C)c1ccc(S(N)(=O)=O)cc1. The molecule has 0 bridgehead atoms. The number of hydrogen-bond donors (Lipinski definition) is 3. The van der Waals surface area contributed by atoms with Gasteiger partial charge in [-0.05, 0) is 54.2 Å². The number of benzene rings is 2. The largest absolute Gasteiger partial charge is 0.491 e. The Bertz CT molecular complexity index is 919. The lowest BCUT2D eigenvalue weighted by atomic mass is 9.86. The summed E-state index contributed by atoms with van der Waals surface area (Å²) in [6, 6.07) is 12.4. The van der Waals surface area contributed by atoms with E-state index in [0.717, 1.165) is 16.9 Å². The number of hydrogen-bond acceptors (Lipinski definition) is 5. The average molecular weight is 421 g/mol. The number of aliphatic hydroxyl groups excluding tert-OH is 1. The topological polar surface area (TPSA) is 102 Å². The van der Waals surface area contributed by atoms with Crippen LogP contribution in [0.5, 0.6) is 5.75 Å². The summed E-state index contributed by atoms with van der Waals surface area (Å²) in [6.07, 6.45) is -0.678. The molecule has 0 saturated carbocycles. The molecule has 4 N–H and O–H groups in total. The molecule has 0 fully saturated rings. The number of ether oxygens (including phenoxy) is 1. The third kappa shape index (κ3) is 6.82. The molecule has 0 unspecified atom stereocenters. The van der Waals surface area contributed by atoms with E-state index in [0.29, 0.717) is 6.54 Å². The van der Waals surface area contributed by atoms with E-state index in [2.05, 4.69) is 38.2 Å². The fourth-order valence-electron chi connectivity index (χ4n) is 2.90. The molecule has 2 aromatic carbocycles. The predicted octanol–water partition coefficient (Wildman–Crippen LogP) is 3.03. The van der Waals surface area contributed by atoms with Crippen molar-refractivity contribution < 1.29 is 18.3 Å². The van der Waals surface area contributed by atoms with Gasteiger partial charge in [-0.1, -0.05) is 45.0 Å². The van der Waals surface area contributed by atoms with Crippen LogP contribution in [0.25, 0.3) is 0 Å². The zero-order valence-electron chi connectivity index (χ0n) is 17.8. The van der Waals surface area contributed by atoms with Crippen molar-refractivity contribution in [3.05, 3.63) is 59.2 Å². The van der Waals surface area contributed by atoms with E-state index in [1.165, 1.54) is 17.7 Å². The molecule has 2 aromatic rings. The third-order valence-electron chi connectivity index (χ3n) is 4.84. The first-order valence-electron chi connectivity index (χ1n) is 9.66. The fraction of sp³-hybridized carbons (Fsp3) is 0.455. The predicted molar refractivity (Wildman–Crippen MR) is 116 cm³/mol. The zero-order chi connectivity index (χ0) is 21.8. The van der Waals surface area contributed by atoms with Gasteiger partial charge in [0.25, 0.3) is 0 Å². The van der Waals surface area contributed by atoms with Gasteiger partial charge in [-0.15, -0.1) is 0 Å². The Hall–Kier alpha value is -1.93. The maximum absolute atomic E-state index is 11.3. The van der Waals surface area contributed by atoms with Crippen LogP contribution in [-0.2, 0) is 15.4 Å². The molecule has 0 aromatic heterocycles. The quantitative estimate of drug-likeness (QED) is 0.609. The molecule has 6 nitrogen and oxygen atoms in total. The molecule has 29 heavy (non-hydrogen) atoms. The van der Waals surface area contributed by atoms with E-state index in [1.54, 1.807) is 12.1 Å². The van der Waals surface area contributed by atoms with Crippen molar-refractivity contribution in [3.63, 3.8) is 0 Å². The van der Waals surface area contributed by atoms with Crippen molar-refractivity contribution in [1.29, 1.82) is 0 Å². The molecule has 0 heterocycles. The monoisotopic (exact) mass is 420 g/mol. The van der Waals surface area contributed by atoms with Crippen LogP contribution in [0.3, 0.4) is 0 Å². The van der Waals surface area contributed by atoms with Crippen molar-refractivity contribution in [2.45, 2.75) is 57.1 Å². The first kappa shape index (κ1) is 23.3. The summed E-state index contributed by atoms with van der Waals surface area (Å²) < 4.78 is 28.4. The summed E-state index contributed by atoms with van der Waals surface area (Å²) in [7, 11) is -3.70. The van der Waals surface area contributed by atoms with Crippen molar-refractivity contribution in [2.75, 3.05) is 13.2 Å². The van der Waals surface area contributed by atoms with Gasteiger partial charge in [0.1, 0.15) is 18.5 Å². The molecule has 0 amide bonds. The number of aryl methyl sites for hydroxylation is 1. The maximum Gasteiger partial charge on any atom is 0.238 e. The van der Waals surface area contributed by atoms with Gasteiger partial charge in [0.15, 0.2) is 0 Å². The number of sulfonamides is 1. The Morgan fingerprint density at radius 2 is 1.76 bits per heavy atom. The van der Waals surface area contributed by atoms with E-state index in [9.17, 15) is 13.5 Å². The van der Waals surface area contributed by atoms with Crippen LogP contribution in [0.15, 0.2) is 47.4 Å². The van der Waals surface area contributed by atoms with Crippen LogP contribution in [0.1, 0.15) is 50.4 Å². The van der Waals surface area contributed by atoms with Crippen molar-refractivity contribution in [2.24, 2.45) is 5.14 Å². The average Bonchev–Trinajstić information content (AvgIpc) is 2.63. The third-order valence-corrected chi connectivity index (χ3v) is 5.77. The van der Waals surface area contributed by atoms with Crippen LogP contribution in [-0.4, -0.2) is 32.8 Å². The summed E-state index contributed by atoms with van der Waals surface area (Å²) in [5, 5.41) is 18.6. The second-order valence-electron chi connectivity index (χ2n) is 8.44. The van der Waals surface area contributed by atoms with Crippen molar-refractivity contribution in [3.8, 4) is 5.75 Å². The normalized spacial score (nSPS) is 14.4. The smallest absolute Gasteiger partial charge is 0.238 e. The molecule has 0 radical (unpaired) electrons. The Morgan fingerprint density at radius 3 is 2.28 bits per heavy atom. The van der Waals surface area contributed by atoms with Gasteiger partial charge in [0, 0.05) is 12.6 Å². The Balaban J connectivity index is 1.86. The minimum atomic E-state index is -3.70. The standard InChI is InChI=1S/C22H32N2O4S/c1-15-12-18(22(3,4)5)8-11-21(15)28-14-19(25)13-24-16(2)17-6-9-20(10-7-17)29(23,26)27/h6-12,16,19,24-25H,13-14H2,1-5H3,(H2,23,26,27)/t16-,19+/m0/s1. The maximum atomic E-state index is 11.3. The van der Waals surface area contributed by atoms with Gasteiger partial charge in [0.2, 0.25) is 10.0 Å². The first-order chi connectivity index (χ1) is 13.4. The molecular formula is C22H32N2O4S. The Morgan fingerprint density at radius 1 is 1.14 bits per heavy atom. The lowest BCUT2D eigenvalue weighted by Gasteiger charge is -2.21. The van der Waals surface area contributed by atoms with Crippen LogP contribution >= 0.6 is 0 Å². The van der Waals surface area contributed by atoms with E-state index in [1.807, 2.05) is 19.9 Å². The minimum Gasteiger partial charge on any atom is -0.491 e. The number of rotatable bonds is 8. The molecule has 0 spiro atoms. The highest BCUT2D eigenvalue weighted by molar-refractivity contribution is 7.89. The molecular weight excluding hydrogens is 388 g/mol. The molecule has 0 aliphatic rings. The van der Waals surface area contributed by atoms with Crippen LogP contribution < -0.4 is 15.2 Å². The zero-order valence-corrected chi connectivity index (χ0v) is 18.6.